The Bertz CT molecular complexity index is 1060. The van der Waals surface area contributed by atoms with E-state index >= 15 is 0 Å². The van der Waals surface area contributed by atoms with E-state index in [1.54, 1.807) is 4.68 Å². The van der Waals surface area contributed by atoms with Crippen LogP contribution in [0.1, 0.15) is 52.8 Å². The summed E-state index contributed by atoms with van der Waals surface area (Å²) in [5.74, 6) is 0.409. The monoisotopic (exact) mass is 447 g/mol. The van der Waals surface area contributed by atoms with Gasteiger partial charge in [-0.3, -0.25) is 9.62 Å². The first-order valence-corrected chi connectivity index (χ1v) is 12.1. The quantitative estimate of drug-likeness (QED) is 0.734. The molecule has 31 heavy (non-hydrogen) atoms. The topological polar surface area (TPSA) is 96.3 Å². The van der Waals surface area contributed by atoms with Crippen molar-refractivity contribution in [3.05, 3.63) is 41.6 Å². The van der Waals surface area contributed by atoms with Gasteiger partial charge in [-0.15, -0.1) is 0 Å². The molecule has 2 heterocycles. The van der Waals surface area contributed by atoms with Gasteiger partial charge in [-0.25, -0.2) is 17.9 Å². The molecule has 9 heteroatoms. The summed E-state index contributed by atoms with van der Waals surface area (Å²) in [7, 11) is -3.52. The van der Waals surface area contributed by atoms with Crippen LogP contribution < -0.4 is 14.9 Å². The zero-order chi connectivity index (χ0) is 23.0. The standard InChI is InChI=1S/C22H33N5O3S/c1-21(2,3)18-15-19(27(25-18)22(4,5)6)24-20(28)23-12-14-31(29,30)26-13-11-16-9-7-8-10-17(16)26/h7-10,15H,11-14H2,1-6H3,(H2,23,24,28). The summed E-state index contributed by atoms with van der Waals surface area (Å²) in [5.41, 5.74) is 2.15. The number of rotatable bonds is 5. The number of urea groups is 1. The van der Waals surface area contributed by atoms with E-state index in [2.05, 4.69) is 36.5 Å². The molecule has 1 aliphatic heterocycles. The number of benzene rings is 1. The van der Waals surface area contributed by atoms with Gasteiger partial charge in [-0.1, -0.05) is 39.0 Å². The molecule has 0 fully saturated rings. The van der Waals surface area contributed by atoms with Crippen LogP contribution in [-0.2, 0) is 27.4 Å². The molecule has 2 N–H and O–H groups in total. The number of sulfonamides is 1. The molecular weight excluding hydrogens is 414 g/mol. The lowest BCUT2D eigenvalue weighted by molar-refractivity contribution is 0.252. The molecule has 2 aromatic rings. The van der Waals surface area contributed by atoms with E-state index in [1.165, 1.54) is 4.31 Å². The first kappa shape index (κ1) is 23.1. The maximum absolute atomic E-state index is 12.8. The maximum Gasteiger partial charge on any atom is 0.320 e. The lowest BCUT2D eigenvalue weighted by atomic mass is 9.92. The summed E-state index contributed by atoms with van der Waals surface area (Å²) >= 11 is 0. The van der Waals surface area contributed by atoms with Crippen molar-refractivity contribution in [1.29, 1.82) is 0 Å². The number of fused-ring (bicyclic) bond motifs is 1. The minimum absolute atomic E-state index is 0.0165. The smallest absolute Gasteiger partial charge is 0.320 e. The molecule has 0 saturated carbocycles. The minimum atomic E-state index is -3.52. The Labute approximate surface area is 185 Å². The molecule has 0 radical (unpaired) electrons. The zero-order valence-electron chi connectivity index (χ0n) is 19.2. The number of carbonyl (C=O) groups is 1. The maximum atomic E-state index is 12.8. The molecule has 8 nitrogen and oxygen atoms in total. The molecule has 0 spiro atoms. The molecule has 3 rings (SSSR count). The SMILES string of the molecule is CC(C)(C)c1cc(NC(=O)NCCS(=O)(=O)N2CCc3ccccc32)n(C(C)(C)C)n1. The van der Waals surface area contributed by atoms with Gasteiger partial charge in [0, 0.05) is 24.6 Å². The summed E-state index contributed by atoms with van der Waals surface area (Å²) in [6.07, 6.45) is 0.705. The minimum Gasteiger partial charge on any atom is -0.337 e. The van der Waals surface area contributed by atoms with Gasteiger partial charge in [0.1, 0.15) is 5.82 Å². The summed E-state index contributed by atoms with van der Waals surface area (Å²) in [6.45, 7) is 12.7. The molecular formula is C22H33N5O3S. The number of hydrogen-bond donors (Lipinski definition) is 2. The Morgan fingerprint density at radius 2 is 1.81 bits per heavy atom. The fourth-order valence-corrected chi connectivity index (χ4v) is 4.94. The fourth-order valence-electron chi connectivity index (χ4n) is 3.51. The van der Waals surface area contributed by atoms with Gasteiger partial charge in [0.2, 0.25) is 10.0 Å². The largest absolute Gasteiger partial charge is 0.337 e. The Kier molecular flexibility index (Phi) is 6.10. The lowest BCUT2D eigenvalue weighted by Gasteiger charge is -2.23. The molecule has 1 aliphatic rings. The van der Waals surface area contributed by atoms with Crippen LogP contribution in [0.25, 0.3) is 0 Å². The second kappa shape index (κ2) is 8.18. The van der Waals surface area contributed by atoms with E-state index in [-0.39, 0.29) is 23.3 Å². The van der Waals surface area contributed by atoms with Crippen LogP contribution >= 0.6 is 0 Å². The Morgan fingerprint density at radius 1 is 1.13 bits per heavy atom. The van der Waals surface area contributed by atoms with Crippen molar-refractivity contribution in [2.24, 2.45) is 0 Å². The average Bonchev–Trinajstić information content (AvgIpc) is 3.25. The second-order valence-corrected chi connectivity index (χ2v) is 11.9. The third-order valence-electron chi connectivity index (χ3n) is 5.18. The van der Waals surface area contributed by atoms with Crippen molar-refractivity contribution >= 4 is 27.6 Å². The van der Waals surface area contributed by atoms with E-state index in [0.29, 0.717) is 18.8 Å². The van der Waals surface area contributed by atoms with Crippen molar-refractivity contribution in [2.45, 2.75) is 58.9 Å². The number of hydrogen-bond acceptors (Lipinski definition) is 4. The average molecular weight is 448 g/mol. The van der Waals surface area contributed by atoms with Crippen molar-refractivity contribution in [3.8, 4) is 0 Å². The summed E-state index contributed by atoms with van der Waals surface area (Å²) in [6, 6.07) is 8.92. The van der Waals surface area contributed by atoms with E-state index in [0.717, 1.165) is 16.9 Å². The fraction of sp³-hybridized carbons (Fsp3) is 0.545. The first-order valence-electron chi connectivity index (χ1n) is 10.5. The highest BCUT2D eigenvalue weighted by atomic mass is 32.2. The lowest BCUT2D eigenvalue weighted by Crippen LogP contribution is -2.39. The molecule has 1 aromatic carbocycles. The van der Waals surface area contributed by atoms with Gasteiger partial charge in [0.25, 0.3) is 0 Å². The first-order chi connectivity index (χ1) is 14.3. The molecule has 2 amide bonds. The Balaban J connectivity index is 1.63. The van der Waals surface area contributed by atoms with Gasteiger partial charge < -0.3 is 5.32 Å². The molecule has 170 valence electrons. The predicted molar refractivity (Wildman–Crippen MR) is 124 cm³/mol. The highest BCUT2D eigenvalue weighted by Crippen LogP contribution is 2.30. The highest BCUT2D eigenvalue weighted by Gasteiger charge is 2.29. The number of para-hydroxylation sites is 1. The third-order valence-corrected chi connectivity index (χ3v) is 6.95. The summed E-state index contributed by atoms with van der Waals surface area (Å²) < 4.78 is 28.8. The van der Waals surface area contributed by atoms with E-state index in [4.69, 9.17) is 0 Å². The van der Waals surface area contributed by atoms with Crippen LogP contribution in [-0.4, -0.2) is 43.1 Å². The van der Waals surface area contributed by atoms with Crippen LogP contribution in [0.3, 0.4) is 0 Å². The molecule has 1 aromatic heterocycles. The van der Waals surface area contributed by atoms with Gasteiger partial charge in [0.05, 0.1) is 22.7 Å². The Morgan fingerprint density at radius 3 is 2.45 bits per heavy atom. The number of amides is 2. The predicted octanol–water partition coefficient (Wildman–Crippen LogP) is 3.45. The number of aromatic nitrogens is 2. The van der Waals surface area contributed by atoms with E-state index in [1.807, 2.05) is 51.1 Å². The number of nitrogens with one attached hydrogen (secondary N) is 2. The van der Waals surface area contributed by atoms with Gasteiger partial charge in [0.15, 0.2) is 0 Å². The number of nitrogens with zero attached hydrogens (tertiary/aromatic N) is 3. The summed E-state index contributed by atoms with van der Waals surface area (Å²) in [5, 5.41) is 10.2. The van der Waals surface area contributed by atoms with Crippen LogP contribution in [0.4, 0.5) is 16.3 Å². The van der Waals surface area contributed by atoms with Crippen LogP contribution in [0.2, 0.25) is 0 Å². The zero-order valence-corrected chi connectivity index (χ0v) is 20.0. The van der Waals surface area contributed by atoms with Crippen molar-refractivity contribution in [2.75, 3.05) is 28.5 Å². The van der Waals surface area contributed by atoms with E-state index < -0.39 is 16.1 Å². The third kappa shape index (κ3) is 5.20. The molecule has 0 aliphatic carbocycles. The van der Waals surface area contributed by atoms with Crippen LogP contribution in [0, 0.1) is 0 Å². The molecule has 0 atom stereocenters. The second-order valence-electron chi connectivity index (χ2n) is 9.90. The van der Waals surface area contributed by atoms with Crippen LogP contribution in [0.15, 0.2) is 30.3 Å². The number of anilines is 2. The Hall–Kier alpha value is -2.55. The summed E-state index contributed by atoms with van der Waals surface area (Å²) in [4.78, 5) is 12.5. The molecule has 0 bridgehead atoms. The van der Waals surface area contributed by atoms with Gasteiger partial charge in [-0.05, 0) is 38.8 Å². The molecule has 0 saturated heterocycles. The van der Waals surface area contributed by atoms with Gasteiger partial charge >= 0.3 is 6.03 Å². The van der Waals surface area contributed by atoms with Crippen molar-refractivity contribution in [3.63, 3.8) is 0 Å². The van der Waals surface area contributed by atoms with Crippen LogP contribution in [0.5, 0.6) is 0 Å². The number of carbonyl (C=O) groups excluding carboxylic acids is 1. The molecule has 0 unspecified atom stereocenters. The van der Waals surface area contributed by atoms with Crippen molar-refractivity contribution < 1.29 is 13.2 Å². The van der Waals surface area contributed by atoms with Crippen molar-refractivity contribution in [1.82, 2.24) is 15.1 Å². The van der Waals surface area contributed by atoms with E-state index in [9.17, 15) is 13.2 Å². The van der Waals surface area contributed by atoms with Gasteiger partial charge in [-0.2, -0.15) is 5.10 Å². The highest BCUT2D eigenvalue weighted by molar-refractivity contribution is 7.92. The normalized spacial score (nSPS) is 14.5.